The minimum absolute atomic E-state index is 0.0298. The predicted molar refractivity (Wildman–Crippen MR) is 130 cm³/mol. The van der Waals surface area contributed by atoms with E-state index >= 15 is 0 Å². The molecular weight excluding hydrogens is 392 g/mol. The van der Waals surface area contributed by atoms with E-state index in [4.69, 9.17) is 4.43 Å². The molecule has 0 bridgehead atoms. The van der Waals surface area contributed by atoms with Crippen LogP contribution in [0.4, 0.5) is 0 Å². The lowest BCUT2D eigenvalue weighted by atomic mass is 10.0. The molecular formula is C25H52O4Si. The smallest absolute Gasteiger partial charge is 0.192 e. The number of aliphatic hydroxyl groups excluding tert-OH is 2. The van der Waals surface area contributed by atoms with Crippen LogP contribution in [0.25, 0.3) is 0 Å². The van der Waals surface area contributed by atoms with Crippen LogP contribution >= 0.6 is 0 Å². The van der Waals surface area contributed by atoms with Crippen LogP contribution in [0.2, 0.25) is 18.1 Å². The van der Waals surface area contributed by atoms with Crippen molar-refractivity contribution in [3.63, 3.8) is 0 Å². The molecule has 0 heterocycles. The van der Waals surface area contributed by atoms with E-state index in [9.17, 15) is 15.0 Å². The second-order valence-electron chi connectivity index (χ2n) is 10.5. The van der Waals surface area contributed by atoms with E-state index in [0.29, 0.717) is 6.42 Å². The molecule has 0 aromatic carbocycles. The number of hydrogen-bond acceptors (Lipinski definition) is 4. The van der Waals surface area contributed by atoms with Crippen LogP contribution in [0.1, 0.15) is 118 Å². The maximum absolute atomic E-state index is 12.2. The number of Topliss-reactive ketones (excluding diaryl/α,β-unsaturated/α-hetero) is 1. The SMILES string of the molecule is CCCCCCCCCCCCCCCC(=O)C(O)C(O)CO[Si](C)(C)C(C)(C)C. The van der Waals surface area contributed by atoms with Crippen LogP contribution in [-0.4, -0.2) is 43.1 Å². The Kier molecular flexibility index (Phi) is 16.3. The van der Waals surface area contributed by atoms with Gasteiger partial charge in [-0.1, -0.05) is 105 Å². The molecule has 0 saturated carbocycles. The Labute approximate surface area is 188 Å². The Balaban J connectivity index is 3.72. The molecule has 0 fully saturated rings. The number of carbonyl (C=O) groups is 1. The van der Waals surface area contributed by atoms with Gasteiger partial charge in [-0.3, -0.25) is 4.79 Å². The molecule has 2 atom stereocenters. The zero-order valence-corrected chi connectivity index (χ0v) is 22.0. The number of carbonyl (C=O) groups excluding carboxylic acids is 1. The van der Waals surface area contributed by atoms with E-state index in [1.807, 2.05) is 0 Å². The molecule has 0 rings (SSSR count). The van der Waals surface area contributed by atoms with Crippen molar-refractivity contribution in [3.05, 3.63) is 0 Å². The van der Waals surface area contributed by atoms with Crippen LogP contribution in [0.5, 0.6) is 0 Å². The summed E-state index contributed by atoms with van der Waals surface area (Å²) in [6.07, 6.45) is 14.3. The van der Waals surface area contributed by atoms with Gasteiger partial charge in [-0.05, 0) is 24.6 Å². The predicted octanol–water partition coefficient (Wildman–Crippen LogP) is 6.78. The first-order chi connectivity index (χ1) is 14.0. The van der Waals surface area contributed by atoms with Gasteiger partial charge in [0.2, 0.25) is 0 Å². The van der Waals surface area contributed by atoms with Crippen LogP contribution in [0.3, 0.4) is 0 Å². The highest BCUT2D eigenvalue weighted by molar-refractivity contribution is 6.74. The van der Waals surface area contributed by atoms with Crippen molar-refractivity contribution in [3.8, 4) is 0 Å². The fourth-order valence-corrected chi connectivity index (χ4v) is 4.30. The zero-order valence-electron chi connectivity index (χ0n) is 21.0. The molecule has 2 unspecified atom stereocenters. The molecule has 0 radical (unpaired) electrons. The third-order valence-corrected chi connectivity index (χ3v) is 11.1. The maximum atomic E-state index is 12.2. The summed E-state index contributed by atoms with van der Waals surface area (Å²) in [5.41, 5.74) is 0. The largest absolute Gasteiger partial charge is 0.414 e. The average Bonchev–Trinajstić information content (AvgIpc) is 2.68. The number of ketones is 1. The molecule has 5 heteroatoms. The summed E-state index contributed by atoms with van der Waals surface area (Å²) < 4.78 is 5.93. The summed E-state index contributed by atoms with van der Waals surface area (Å²) in [5, 5.41) is 20.3. The van der Waals surface area contributed by atoms with Gasteiger partial charge < -0.3 is 14.6 Å². The van der Waals surface area contributed by atoms with Crippen molar-refractivity contribution in [1.29, 1.82) is 0 Å². The lowest BCUT2D eigenvalue weighted by Gasteiger charge is -2.37. The van der Waals surface area contributed by atoms with Crippen molar-refractivity contribution < 1.29 is 19.4 Å². The number of unbranched alkanes of at least 4 members (excludes halogenated alkanes) is 12. The van der Waals surface area contributed by atoms with Crippen LogP contribution < -0.4 is 0 Å². The second kappa shape index (κ2) is 16.4. The van der Waals surface area contributed by atoms with Gasteiger partial charge in [-0.15, -0.1) is 0 Å². The third kappa shape index (κ3) is 13.9. The highest BCUT2D eigenvalue weighted by Crippen LogP contribution is 2.36. The highest BCUT2D eigenvalue weighted by atomic mass is 28.4. The standard InChI is InChI=1S/C25H52O4Si/c1-7-8-9-10-11-12-13-14-15-16-17-18-19-20-22(26)24(28)23(27)21-29-30(5,6)25(2,3)4/h23-24,27-28H,7-21H2,1-6H3. The second-order valence-corrected chi connectivity index (χ2v) is 15.4. The van der Waals surface area contributed by atoms with Gasteiger partial charge >= 0.3 is 0 Å². The molecule has 4 nitrogen and oxygen atoms in total. The molecule has 0 aliphatic heterocycles. The van der Waals surface area contributed by atoms with E-state index in [2.05, 4.69) is 40.8 Å². The first-order valence-electron chi connectivity index (χ1n) is 12.6. The zero-order chi connectivity index (χ0) is 23.0. The summed E-state index contributed by atoms with van der Waals surface area (Å²) >= 11 is 0. The van der Waals surface area contributed by atoms with Gasteiger partial charge in [0.1, 0.15) is 12.2 Å². The average molecular weight is 445 g/mol. The molecule has 0 aliphatic rings. The molecule has 180 valence electrons. The number of rotatable bonds is 19. The minimum Gasteiger partial charge on any atom is -0.414 e. The number of hydrogen-bond donors (Lipinski definition) is 2. The minimum atomic E-state index is -1.99. The molecule has 0 saturated heterocycles. The van der Waals surface area contributed by atoms with Crippen molar-refractivity contribution in [2.24, 2.45) is 0 Å². The Morgan fingerprint density at radius 1 is 0.800 bits per heavy atom. The molecule has 30 heavy (non-hydrogen) atoms. The summed E-state index contributed by atoms with van der Waals surface area (Å²) in [5.74, 6) is -0.260. The highest BCUT2D eigenvalue weighted by Gasteiger charge is 2.38. The fraction of sp³-hybridized carbons (Fsp3) is 0.960. The van der Waals surface area contributed by atoms with Crippen molar-refractivity contribution in [2.45, 2.75) is 148 Å². The van der Waals surface area contributed by atoms with Gasteiger partial charge in [0.25, 0.3) is 0 Å². The Hall–Kier alpha value is -0.233. The fourth-order valence-electron chi connectivity index (χ4n) is 3.28. The summed E-state index contributed by atoms with van der Waals surface area (Å²) in [7, 11) is -1.99. The molecule has 0 aliphatic carbocycles. The van der Waals surface area contributed by atoms with Gasteiger partial charge in [0.05, 0.1) is 6.61 Å². The summed E-state index contributed by atoms with van der Waals surface area (Å²) in [4.78, 5) is 12.2. The Morgan fingerprint density at radius 3 is 1.60 bits per heavy atom. The van der Waals surface area contributed by atoms with Gasteiger partial charge in [-0.25, -0.2) is 0 Å². The van der Waals surface area contributed by atoms with Gasteiger partial charge in [-0.2, -0.15) is 0 Å². The van der Waals surface area contributed by atoms with Crippen molar-refractivity contribution in [2.75, 3.05) is 6.61 Å². The van der Waals surface area contributed by atoms with E-state index < -0.39 is 20.5 Å². The first-order valence-corrected chi connectivity index (χ1v) is 15.5. The van der Waals surface area contributed by atoms with Crippen LogP contribution in [-0.2, 0) is 9.22 Å². The number of aliphatic hydroxyl groups is 2. The Bertz CT molecular complexity index is 431. The molecule has 2 N–H and O–H groups in total. The quantitative estimate of drug-likeness (QED) is 0.170. The monoisotopic (exact) mass is 444 g/mol. The molecule has 0 spiro atoms. The van der Waals surface area contributed by atoms with E-state index in [1.165, 1.54) is 64.2 Å². The summed E-state index contributed by atoms with van der Waals surface area (Å²) in [6.45, 7) is 12.9. The maximum Gasteiger partial charge on any atom is 0.192 e. The third-order valence-electron chi connectivity index (χ3n) is 6.64. The Morgan fingerprint density at radius 2 is 1.20 bits per heavy atom. The lowest BCUT2D eigenvalue weighted by molar-refractivity contribution is -0.134. The topological polar surface area (TPSA) is 66.8 Å². The lowest BCUT2D eigenvalue weighted by Crippen LogP contribution is -2.45. The summed E-state index contributed by atoms with van der Waals surface area (Å²) in [6, 6.07) is 0. The van der Waals surface area contributed by atoms with Crippen molar-refractivity contribution in [1.82, 2.24) is 0 Å². The van der Waals surface area contributed by atoms with Crippen molar-refractivity contribution >= 4 is 14.1 Å². The first kappa shape index (κ1) is 29.8. The molecule has 0 aromatic heterocycles. The van der Waals surface area contributed by atoms with E-state index in [1.54, 1.807) is 0 Å². The van der Waals surface area contributed by atoms with Crippen LogP contribution in [0, 0.1) is 0 Å². The molecule has 0 amide bonds. The van der Waals surface area contributed by atoms with Crippen LogP contribution in [0.15, 0.2) is 0 Å². The van der Waals surface area contributed by atoms with E-state index in [-0.39, 0.29) is 17.4 Å². The van der Waals surface area contributed by atoms with Gasteiger partial charge in [0.15, 0.2) is 14.1 Å². The van der Waals surface area contributed by atoms with E-state index in [0.717, 1.165) is 19.3 Å². The van der Waals surface area contributed by atoms with Gasteiger partial charge in [0, 0.05) is 6.42 Å². The normalized spacial score (nSPS) is 14.7. The molecule has 0 aromatic rings.